The third-order valence-corrected chi connectivity index (χ3v) is 6.64. The van der Waals surface area contributed by atoms with Crippen molar-refractivity contribution in [3.8, 4) is 0 Å². The number of aryl methyl sites for hydroxylation is 2. The van der Waals surface area contributed by atoms with Gasteiger partial charge in [-0.3, -0.25) is 0 Å². The molecule has 148 valence electrons. The number of ether oxygens (including phenoxy) is 1. The van der Waals surface area contributed by atoms with Gasteiger partial charge in [0, 0.05) is 18.6 Å². The van der Waals surface area contributed by atoms with Crippen molar-refractivity contribution in [2.45, 2.75) is 36.5 Å². The number of esters is 1. The molecule has 0 aliphatic rings. The van der Waals surface area contributed by atoms with Crippen molar-refractivity contribution in [1.29, 1.82) is 0 Å². The predicted molar refractivity (Wildman–Crippen MR) is 111 cm³/mol. The summed E-state index contributed by atoms with van der Waals surface area (Å²) in [6.07, 6.45) is 1.61. The third-order valence-electron chi connectivity index (χ3n) is 4.17. The summed E-state index contributed by atoms with van der Waals surface area (Å²) in [6, 6.07) is 12.8. The Morgan fingerprint density at radius 2 is 1.81 bits per heavy atom. The number of hydrogen-bond donors (Lipinski definition) is 1. The second-order valence-corrected chi connectivity index (χ2v) is 8.84. The number of sulfonamides is 1. The number of rotatable bonds is 9. The molecule has 0 saturated carbocycles. The molecule has 1 N–H and O–H groups in total. The summed E-state index contributed by atoms with van der Waals surface area (Å²) in [5, 5.41) is 0. The molecule has 0 unspecified atom stereocenters. The van der Waals surface area contributed by atoms with Crippen molar-refractivity contribution in [3.63, 3.8) is 0 Å². The fourth-order valence-corrected chi connectivity index (χ4v) is 4.54. The van der Waals surface area contributed by atoms with Crippen LogP contribution in [0.4, 0.5) is 0 Å². The molecule has 0 aliphatic heterocycles. The SMILES string of the molecule is CCc1ccc(SCCNS(=O)(=O)c2ccc(CC)c(C(=O)OC)c2)cc1.[HH]. The maximum absolute atomic E-state index is 12.5. The Hall–Kier alpha value is -1.83. The number of nitrogens with one attached hydrogen (secondary N) is 1. The highest BCUT2D eigenvalue weighted by Gasteiger charge is 2.18. The van der Waals surface area contributed by atoms with Crippen molar-refractivity contribution in [2.24, 2.45) is 0 Å². The van der Waals surface area contributed by atoms with Gasteiger partial charge >= 0.3 is 5.97 Å². The zero-order chi connectivity index (χ0) is 19.9. The average Bonchev–Trinajstić information content (AvgIpc) is 2.70. The highest BCUT2D eigenvalue weighted by atomic mass is 32.2. The number of thioether (sulfide) groups is 1. The lowest BCUT2D eigenvalue weighted by Gasteiger charge is -2.11. The maximum Gasteiger partial charge on any atom is 0.338 e. The topological polar surface area (TPSA) is 72.5 Å². The number of methoxy groups -OCH3 is 1. The Balaban J connectivity index is 0.00000392. The van der Waals surface area contributed by atoms with E-state index in [-0.39, 0.29) is 11.9 Å². The van der Waals surface area contributed by atoms with E-state index in [2.05, 4.69) is 23.8 Å². The molecular formula is C20H27NO4S2. The summed E-state index contributed by atoms with van der Waals surface area (Å²) in [4.78, 5) is 13.1. The highest BCUT2D eigenvalue weighted by molar-refractivity contribution is 7.99. The summed E-state index contributed by atoms with van der Waals surface area (Å²) in [6.45, 7) is 4.31. The van der Waals surface area contributed by atoms with E-state index in [0.717, 1.165) is 16.9 Å². The van der Waals surface area contributed by atoms with E-state index < -0.39 is 16.0 Å². The van der Waals surface area contributed by atoms with Gasteiger partial charge in [0.05, 0.1) is 17.6 Å². The van der Waals surface area contributed by atoms with Crippen LogP contribution in [0.2, 0.25) is 0 Å². The lowest BCUT2D eigenvalue weighted by molar-refractivity contribution is 0.0599. The molecule has 2 aromatic carbocycles. The first-order valence-corrected chi connectivity index (χ1v) is 11.3. The van der Waals surface area contributed by atoms with Gasteiger partial charge in [0.15, 0.2) is 0 Å². The van der Waals surface area contributed by atoms with Crippen molar-refractivity contribution >= 4 is 27.8 Å². The highest BCUT2D eigenvalue weighted by Crippen LogP contribution is 2.20. The van der Waals surface area contributed by atoms with E-state index in [0.29, 0.717) is 18.7 Å². The standard InChI is InChI=1S/C20H25NO4S2.H2/c1-4-15-6-9-17(10-7-15)26-13-12-21-27(23,24)18-11-8-16(5-2)19(14-18)20(22)25-3;/h6-11,14,21H,4-5,12-13H2,1-3H3;1H. The van der Waals surface area contributed by atoms with Gasteiger partial charge in [-0.15, -0.1) is 11.8 Å². The minimum atomic E-state index is -3.69. The van der Waals surface area contributed by atoms with Gasteiger partial charge in [0.25, 0.3) is 0 Å². The van der Waals surface area contributed by atoms with Gasteiger partial charge in [0.2, 0.25) is 10.0 Å². The predicted octanol–water partition coefficient (Wildman–Crippen LogP) is 3.91. The van der Waals surface area contributed by atoms with Crippen molar-refractivity contribution in [3.05, 3.63) is 59.2 Å². The molecule has 0 aliphatic carbocycles. The zero-order valence-corrected chi connectivity index (χ0v) is 17.5. The Morgan fingerprint density at radius 3 is 2.41 bits per heavy atom. The average molecular weight is 410 g/mol. The fraction of sp³-hybridized carbons (Fsp3) is 0.350. The number of carbonyl (C=O) groups excluding carboxylic acids is 1. The first-order chi connectivity index (χ1) is 12.9. The molecule has 0 aromatic heterocycles. The Labute approximate surface area is 167 Å². The molecule has 0 atom stereocenters. The molecule has 0 amide bonds. The number of benzene rings is 2. The normalized spacial score (nSPS) is 11.4. The fourth-order valence-electron chi connectivity index (χ4n) is 2.58. The molecule has 0 fully saturated rings. The first kappa shape index (κ1) is 21.5. The Bertz CT molecular complexity index is 884. The molecule has 0 saturated heterocycles. The van der Waals surface area contributed by atoms with Crippen LogP contribution in [-0.4, -0.2) is 33.8 Å². The zero-order valence-electron chi connectivity index (χ0n) is 15.8. The summed E-state index contributed by atoms with van der Waals surface area (Å²) < 4.78 is 32.4. The van der Waals surface area contributed by atoms with Crippen LogP contribution in [-0.2, 0) is 27.6 Å². The van der Waals surface area contributed by atoms with Crippen molar-refractivity contribution in [2.75, 3.05) is 19.4 Å². The van der Waals surface area contributed by atoms with Gasteiger partial charge in [-0.1, -0.05) is 32.0 Å². The van der Waals surface area contributed by atoms with E-state index in [1.165, 1.54) is 24.8 Å². The Morgan fingerprint density at radius 1 is 1.11 bits per heavy atom. The van der Waals surface area contributed by atoms with Gasteiger partial charge in [-0.05, 0) is 48.2 Å². The largest absolute Gasteiger partial charge is 0.465 e. The van der Waals surface area contributed by atoms with E-state index in [1.807, 2.05) is 19.1 Å². The second-order valence-electron chi connectivity index (χ2n) is 5.91. The minimum absolute atomic E-state index is 0. The van der Waals surface area contributed by atoms with Gasteiger partial charge in [-0.25, -0.2) is 17.9 Å². The summed E-state index contributed by atoms with van der Waals surface area (Å²) in [7, 11) is -2.40. The van der Waals surface area contributed by atoms with Crippen LogP contribution >= 0.6 is 11.8 Å². The molecular weight excluding hydrogens is 382 g/mol. The molecule has 2 rings (SSSR count). The Kier molecular flexibility index (Phi) is 7.89. The quantitative estimate of drug-likeness (QED) is 0.386. The van der Waals surface area contributed by atoms with Gasteiger partial charge in [0.1, 0.15) is 0 Å². The molecule has 7 heteroatoms. The van der Waals surface area contributed by atoms with E-state index in [9.17, 15) is 13.2 Å². The molecule has 0 spiro atoms. The van der Waals surface area contributed by atoms with E-state index in [4.69, 9.17) is 4.74 Å². The van der Waals surface area contributed by atoms with Gasteiger partial charge < -0.3 is 4.74 Å². The van der Waals surface area contributed by atoms with Crippen LogP contribution in [0.3, 0.4) is 0 Å². The first-order valence-electron chi connectivity index (χ1n) is 8.84. The van der Waals surface area contributed by atoms with Gasteiger partial charge in [-0.2, -0.15) is 0 Å². The van der Waals surface area contributed by atoms with Crippen LogP contribution in [0.15, 0.2) is 52.3 Å². The smallest absolute Gasteiger partial charge is 0.338 e. The molecule has 0 bridgehead atoms. The minimum Gasteiger partial charge on any atom is -0.465 e. The van der Waals surface area contributed by atoms with Crippen molar-refractivity contribution < 1.29 is 19.4 Å². The molecule has 5 nitrogen and oxygen atoms in total. The van der Waals surface area contributed by atoms with Crippen LogP contribution < -0.4 is 4.72 Å². The lowest BCUT2D eigenvalue weighted by Crippen LogP contribution is -2.26. The maximum atomic E-state index is 12.5. The summed E-state index contributed by atoms with van der Waals surface area (Å²) in [5.41, 5.74) is 2.32. The van der Waals surface area contributed by atoms with E-state index >= 15 is 0 Å². The van der Waals surface area contributed by atoms with Crippen LogP contribution in [0.1, 0.15) is 36.8 Å². The summed E-state index contributed by atoms with van der Waals surface area (Å²) in [5.74, 6) is 0.0803. The summed E-state index contributed by atoms with van der Waals surface area (Å²) >= 11 is 1.59. The second kappa shape index (κ2) is 9.92. The molecule has 0 heterocycles. The molecule has 27 heavy (non-hydrogen) atoms. The molecule has 0 radical (unpaired) electrons. The van der Waals surface area contributed by atoms with Crippen LogP contribution in [0, 0.1) is 0 Å². The van der Waals surface area contributed by atoms with Crippen LogP contribution in [0.5, 0.6) is 0 Å². The third kappa shape index (κ3) is 5.82. The van der Waals surface area contributed by atoms with E-state index in [1.54, 1.807) is 17.8 Å². The lowest BCUT2D eigenvalue weighted by atomic mass is 10.1. The number of hydrogen-bond acceptors (Lipinski definition) is 5. The monoisotopic (exact) mass is 409 g/mol. The molecule has 2 aromatic rings. The van der Waals surface area contributed by atoms with Crippen LogP contribution in [0.25, 0.3) is 0 Å². The number of carbonyl (C=O) groups is 1. The van der Waals surface area contributed by atoms with Crippen molar-refractivity contribution in [1.82, 2.24) is 4.72 Å².